The lowest BCUT2D eigenvalue weighted by Crippen LogP contribution is -2.10. The Hall–Kier alpha value is -1.46. The number of rotatable bonds is 0. The summed E-state index contributed by atoms with van der Waals surface area (Å²) >= 11 is 0. The predicted octanol–water partition coefficient (Wildman–Crippen LogP) is 2.57. The topological polar surface area (TPSA) is 3.24 Å². The molecule has 1 aliphatic heterocycles. The predicted molar refractivity (Wildman–Crippen MR) is 52.1 cm³/mol. The highest BCUT2D eigenvalue weighted by Crippen LogP contribution is 2.24. The molecule has 1 nitrogen and oxygen atoms in total. The lowest BCUT2D eigenvalue weighted by atomic mass is 10.1. The number of hydrogen-bond acceptors (Lipinski definition) is 1. The van der Waals surface area contributed by atoms with Crippen molar-refractivity contribution in [2.24, 2.45) is 0 Å². The molecule has 0 spiro atoms. The van der Waals surface area contributed by atoms with Crippen molar-refractivity contribution in [3.05, 3.63) is 41.3 Å². The molecule has 0 saturated heterocycles. The molecule has 0 atom stereocenters. The van der Waals surface area contributed by atoms with E-state index in [0.29, 0.717) is 0 Å². The highest BCUT2D eigenvalue weighted by Gasteiger charge is 2.05. The molecule has 12 heavy (non-hydrogen) atoms. The summed E-state index contributed by atoms with van der Waals surface area (Å²) in [6, 6.07) is 6.43. The number of benzene rings is 1. The zero-order valence-electron chi connectivity index (χ0n) is 7.33. The molecular weight excluding hydrogens is 146 g/mol. The van der Waals surface area contributed by atoms with Crippen molar-refractivity contribution in [3.8, 4) is 0 Å². The molecule has 1 heteroatoms. The normalized spacial score (nSPS) is 13.3. The molecule has 0 saturated carbocycles. The summed E-state index contributed by atoms with van der Waals surface area (Å²) < 4.78 is 0. The molecule has 0 radical (unpaired) electrons. The Bertz CT molecular complexity index is 371. The van der Waals surface area contributed by atoms with Crippen LogP contribution in [0.5, 0.6) is 0 Å². The van der Waals surface area contributed by atoms with Crippen molar-refractivity contribution >= 4 is 11.8 Å². The fourth-order valence-corrected chi connectivity index (χ4v) is 1.39. The second-order valence-corrected chi connectivity index (χ2v) is 3.11. The molecule has 0 aromatic heterocycles. The second kappa shape index (κ2) is 2.54. The Balaban J connectivity index is 2.63. The number of anilines is 1. The van der Waals surface area contributed by atoms with E-state index in [9.17, 15) is 0 Å². The van der Waals surface area contributed by atoms with Crippen LogP contribution in [0.25, 0.3) is 6.08 Å². The van der Waals surface area contributed by atoms with Crippen molar-refractivity contribution in [3.63, 3.8) is 0 Å². The molecule has 60 valence electrons. The summed E-state index contributed by atoms with van der Waals surface area (Å²) in [5.74, 6) is 0. The smallest absolute Gasteiger partial charge is 0.0490 e. The van der Waals surface area contributed by atoms with E-state index in [2.05, 4.69) is 35.8 Å². The van der Waals surface area contributed by atoms with Gasteiger partial charge in [0.05, 0.1) is 0 Å². The van der Waals surface area contributed by atoms with Crippen LogP contribution in [-0.2, 0) is 0 Å². The molecule has 0 N–H and O–H groups in total. The SMILES string of the molecule is Cc1ccc2c(c1)N(C)C=C=C2. The van der Waals surface area contributed by atoms with Gasteiger partial charge in [-0.3, -0.25) is 0 Å². The molecule has 1 aromatic rings. The van der Waals surface area contributed by atoms with Gasteiger partial charge in [-0.15, -0.1) is 5.73 Å². The van der Waals surface area contributed by atoms with Crippen LogP contribution >= 0.6 is 0 Å². The molecule has 0 unspecified atom stereocenters. The molecule has 1 heterocycles. The Morgan fingerprint density at radius 3 is 3.00 bits per heavy atom. The molecule has 0 fully saturated rings. The highest BCUT2D eigenvalue weighted by atomic mass is 15.1. The lowest BCUT2D eigenvalue weighted by molar-refractivity contribution is 1.19. The monoisotopic (exact) mass is 157 g/mol. The maximum atomic E-state index is 3.09. The minimum Gasteiger partial charge on any atom is -0.344 e. The number of hydrogen-bond donors (Lipinski definition) is 0. The zero-order valence-corrected chi connectivity index (χ0v) is 7.33. The maximum absolute atomic E-state index is 3.09. The molecule has 0 aliphatic carbocycles. The van der Waals surface area contributed by atoms with Gasteiger partial charge in [0, 0.05) is 24.5 Å². The van der Waals surface area contributed by atoms with Crippen LogP contribution in [-0.4, -0.2) is 7.05 Å². The van der Waals surface area contributed by atoms with Gasteiger partial charge < -0.3 is 4.90 Å². The highest BCUT2D eigenvalue weighted by molar-refractivity contribution is 5.71. The second-order valence-electron chi connectivity index (χ2n) is 3.11. The summed E-state index contributed by atoms with van der Waals surface area (Å²) in [4.78, 5) is 2.09. The molecule has 1 aromatic carbocycles. The molecule has 2 rings (SSSR count). The first-order chi connectivity index (χ1) is 5.77. The van der Waals surface area contributed by atoms with Crippen molar-refractivity contribution < 1.29 is 0 Å². The van der Waals surface area contributed by atoms with Gasteiger partial charge in [0.2, 0.25) is 0 Å². The number of aryl methyl sites for hydroxylation is 1. The Kier molecular flexibility index (Phi) is 1.53. The minimum atomic E-state index is 1.24. The minimum absolute atomic E-state index is 1.24. The fraction of sp³-hybridized carbons (Fsp3) is 0.182. The fourth-order valence-electron chi connectivity index (χ4n) is 1.39. The van der Waals surface area contributed by atoms with Crippen LogP contribution in [0.15, 0.2) is 30.1 Å². The molecular formula is C11H11N. The van der Waals surface area contributed by atoms with Crippen LogP contribution in [0, 0.1) is 6.92 Å². The van der Waals surface area contributed by atoms with Crippen LogP contribution < -0.4 is 4.90 Å². The summed E-state index contributed by atoms with van der Waals surface area (Å²) in [5, 5.41) is 0. The zero-order chi connectivity index (χ0) is 8.55. The standard InChI is InChI=1S/C11H11N/c1-9-5-6-10-4-3-7-12(2)11(10)8-9/h4-8H,1-2H3. The quantitative estimate of drug-likeness (QED) is 0.523. The van der Waals surface area contributed by atoms with Gasteiger partial charge in [-0.1, -0.05) is 12.1 Å². The Morgan fingerprint density at radius 1 is 1.33 bits per heavy atom. The summed E-state index contributed by atoms with van der Waals surface area (Å²) in [7, 11) is 2.04. The van der Waals surface area contributed by atoms with E-state index in [1.165, 1.54) is 16.8 Å². The van der Waals surface area contributed by atoms with Crippen LogP contribution in [0.4, 0.5) is 5.69 Å². The van der Waals surface area contributed by atoms with E-state index in [4.69, 9.17) is 0 Å². The van der Waals surface area contributed by atoms with Gasteiger partial charge in [0.25, 0.3) is 0 Å². The first-order valence-corrected chi connectivity index (χ1v) is 4.03. The van der Waals surface area contributed by atoms with E-state index in [-0.39, 0.29) is 0 Å². The van der Waals surface area contributed by atoms with E-state index >= 15 is 0 Å². The van der Waals surface area contributed by atoms with Crippen LogP contribution in [0.2, 0.25) is 0 Å². The van der Waals surface area contributed by atoms with Gasteiger partial charge >= 0.3 is 0 Å². The van der Waals surface area contributed by atoms with Gasteiger partial charge in [-0.05, 0) is 24.6 Å². The van der Waals surface area contributed by atoms with E-state index in [1.807, 2.05) is 19.3 Å². The van der Waals surface area contributed by atoms with Crippen molar-refractivity contribution in [1.29, 1.82) is 0 Å². The van der Waals surface area contributed by atoms with Crippen LogP contribution in [0.1, 0.15) is 11.1 Å². The van der Waals surface area contributed by atoms with Gasteiger partial charge in [-0.2, -0.15) is 0 Å². The van der Waals surface area contributed by atoms with E-state index in [1.54, 1.807) is 0 Å². The Morgan fingerprint density at radius 2 is 2.17 bits per heavy atom. The van der Waals surface area contributed by atoms with E-state index < -0.39 is 0 Å². The molecule has 1 aliphatic rings. The number of fused-ring (bicyclic) bond motifs is 1. The molecule has 0 bridgehead atoms. The van der Waals surface area contributed by atoms with Crippen molar-refractivity contribution in [2.75, 3.05) is 11.9 Å². The largest absolute Gasteiger partial charge is 0.344 e. The lowest BCUT2D eigenvalue weighted by Gasteiger charge is -2.18. The third-order valence-corrected chi connectivity index (χ3v) is 2.07. The average Bonchev–Trinajstić information content (AvgIpc) is 2.07. The number of nitrogens with zero attached hydrogens (tertiary/aromatic N) is 1. The van der Waals surface area contributed by atoms with Gasteiger partial charge in [-0.25, -0.2) is 0 Å². The molecule has 0 amide bonds. The van der Waals surface area contributed by atoms with Crippen molar-refractivity contribution in [2.45, 2.75) is 6.92 Å². The maximum Gasteiger partial charge on any atom is 0.0490 e. The first-order valence-electron chi connectivity index (χ1n) is 4.03. The Labute approximate surface area is 72.6 Å². The van der Waals surface area contributed by atoms with Crippen molar-refractivity contribution in [1.82, 2.24) is 0 Å². The third-order valence-electron chi connectivity index (χ3n) is 2.07. The summed E-state index contributed by atoms with van der Waals surface area (Å²) in [6.45, 7) is 2.11. The summed E-state index contributed by atoms with van der Waals surface area (Å²) in [5.41, 5.74) is 6.88. The first kappa shape index (κ1) is 7.20. The third kappa shape index (κ3) is 1.05. The van der Waals surface area contributed by atoms with Gasteiger partial charge in [0.15, 0.2) is 0 Å². The average molecular weight is 157 g/mol. The summed E-state index contributed by atoms with van der Waals surface area (Å²) in [6.07, 6.45) is 3.95. The van der Waals surface area contributed by atoms with E-state index in [0.717, 1.165) is 0 Å². The van der Waals surface area contributed by atoms with Crippen LogP contribution in [0.3, 0.4) is 0 Å². The van der Waals surface area contributed by atoms with Gasteiger partial charge in [0.1, 0.15) is 0 Å².